The smallest absolute Gasteiger partial charge is 0.303 e. The number of hydrogen-bond donors (Lipinski definition) is 1. The summed E-state index contributed by atoms with van der Waals surface area (Å²) in [6, 6.07) is 3.85. The van der Waals surface area contributed by atoms with E-state index in [0.29, 0.717) is 11.8 Å². The number of aliphatic carboxylic acids is 1. The lowest BCUT2D eigenvalue weighted by molar-refractivity contribution is -0.138. The maximum Gasteiger partial charge on any atom is 0.303 e. The van der Waals surface area contributed by atoms with Gasteiger partial charge in [0.25, 0.3) is 0 Å². The summed E-state index contributed by atoms with van der Waals surface area (Å²) >= 11 is 0. The fourth-order valence-corrected chi connectivity index (χ4v) is 3.25. The molecule has 0 bridgehead atoms. The Morgan fingerprint density at radius 1 is 1.30 bits per heavy atom. The highest BCUT2D eigenvalue weighted by molar-refractivity contribution is 5.67. The van der Waals surface area contributed by atoms with Crippen LogP contribution in [0.5, 0.6) is 5.75 Å². The van der Waals surface area contributed by atoms with Gasteiger partial charge >= 0.3 is 5.97 Å². The van der Waals surface area contributed by atoms with Crippen molar-refractivity contribution in [3.63, 3.8) is 0 Å². The van der Waals surface area contributed by atoms with Gasteiger partial charge in [0.2, 0.25) is 0 Å². The van der Waals surface area contributed by atoms with E-state index in [0.717, 1.165) is 42.9 Å². The number of carbonyl (C=O) groups is 1. The summed E-state index contributed by atoms with van der Waals surface area (Å²) in [5, 5.41) is 17.3. The Labute approximate surface area is 135 Å². The number of pyridine rings is 1. The van der Waals surface area contributed by atoms with E-state index < -0.39 is 5.97 Å². The van der Waals surface area contributed by atoms with Gasteiger partial charge < -0.3 is 9.84 Å². The molecule has 23 heavy (non-hydrogen) atoms. The summed E-state index contributed by atoms with van der Waals surface area (Å²) in [5.41, 5.74) is 0.825. The number of nitrogens with zero attached hydrogens (tertiary/aromatic N) is 3. The van der Waals surface area contributed by atoms with Crippen LogP contribution in [0.1, 0.15) is 57.7 Å². The van der Waals surface area contributed by atoms with Gasteiger partial charge in [-0.25, -0.2) is 0 Å². The number of carboxylic acid groups (broad SMARTS) is 1. The molecule has 0 aliphatic heterocycles. The van der Waals surface area contributed by atoms with Gasteiger partial charge in [-0.3, -0.25) is 9.20 Å². The van der Waals surface area contributed by atoms with Gasteiger partial charge in [-0.05, 0) is 43.7 Å². The summed E-state index contributed by atoms with van der Waals surface area (Å²) in [4.78, 5) is 10.8. The highest BCUT2D eigenvalue weighted by Crippen LogP contribution is 2.30. The molecule has 6 heteroatoms. The number of fused-ring (bicyclic) bond motifs is 1. The first-order valence-electron chi connectivity index (χ1n) is 8.26. The van der Waals surface area contributed by atoms with Crippen molar-refractivity contribution < 1.29 is 14.6 Å². The van der Waals surface area contributed by atoms with Crippen molar-refractivity contribution in [2.75, 3.05) is 0 Å². The van der Waals surface area contributed by atoms with Gasteiger partial charge in [0.05, 0.1) is 12.3 Å². The zero-order valence-corrected chi connectivity index (χ0v) is 13.6. The monoisotopic (exact) mass is 317 g/mol. The Balaban J connectivity index is 1.66. The molecule has 6 nitrogen and oxygen atoms in total. The van der Waals surface area contributed by atoms with E-state index in [2.05, 4.69) is 24.0 Å². The molecule has 2 aromatic heterocycles. The van der Waals surface area contributed by atoms with Crippen molar-refractivity contribution >= 4 is 11.6 Å². The summed E-state index contributed by atoms with van der Waals surface area (Å²) in [5.74, 6) is 1.64. The van der Waals surface area contributed by atoms with Crippen LogP contribution in [0.15, 0.2) is 18.3 Å². The molecule has 1 fully saturated rings. The lowest BCUT2D eigenvalue weighted by Crippen LogP contribution is -2.25. The maximum atomic E-state index is 10.8. The molecule has 0 atom stereocenters. The van der Waals surface area contributed by atoms with Crippen LogP contribution in [0.25, 0.3) is 5.65 Å². The first-order valence-corrected chi connectivity index (χ1v) is 8.26. The van der Waals surface area contributed by atoms with E-state index in [9.17, 15) is 4.79 Å². The molecule has 1 saturated carbocycles. The molecule has 124 valence electrons. The molecular formula is C17H23N3O3. The Bertz CT molecular complexity index is 687. The van der Waals surface area contributed by atoms with Crippen LogP contribution in [-0.4, -0.2) is 31.8 Å². The van der Waals surface area contributed by atoms with Crippen LogP contribution in [0.4, 0.5) is 0 Å². The van der Waals surface area contributed by atoms with E-state index >= 15 is 0 Å². The van der Waals surface area contributed by atoms with Crippen molar-refractivity contribution in [2.24, 2.45) is 5.92 Å². The van der Waals surface area contributed by atoms with E-state index in [1.807, 2.05) is 22.7 Å². The molecule has 0 spiro atoms. The van der Waals surface area contributed by atoms with E-state index in [1.165, 1.54) is 0 Å². The second-order valence-corrected chi connectivity index (χ2v) is 6.66. The van der Waals surface area contributed by atoms with Crippen molar-refractivity contribution in [3.05, 3.63) is 24.2 Å². The molecule has 0 radical (unpaired) electrons. The molecule has 1 N–H and O–H groups in total. The lowest BCUT2D eigenvalue weighted by atomic mass is 9.85. The van der Waals surface area contributed by atoms with Crippen molar-refractivity contribution in [1.29, 1.82) is 0 Å². The van der Waals surface area contributed by atoms with Gasteiger partial charge in [0.15, 0.2) is 5.65 Å². The summed E-state index contributed by atoms with van der Waals surface area (Å²) in [6.07, 6.45) is 6.05. The number of carboxylic acids is 1. The minimum Gasteiger partial charge on any atom is -0.489 e. The highest BCUT2D eigenvalue weighted by Gasteiger charge is 2.24. The molecule has 2 aromatic rings. The van der Waals surface area contributed by atoms with Gasteiger partial charge in [0.1, 0.15) is 11.6 Å². The normalized spacial score (nSPS) is 21.7. The maximum absolute atomic E-state index is 10.8. The molecule has 1 aliphatic carbocycles. The molecule has 0 amide bonds. The first kappa shape index (κ1) is 15.8. The molecular weight excluding hydrogens is 294 g/mol. The quantitative estimate of drug-likeness (QED) is 0.916. The first-order chi connectivity index (χ1) is 11.0. The number of hydrogen-bond acceptors (Lipinski definition) is 4. The van der Waals surface area contributed by atoms with Crippen LogP contribution in [0.3, 0.4) is 0 Å². The zero-order valence-electron chi connectivity index (χ0n) is 13.6. The number of aromatic nitrogens is 3. The van der Waals surface area contributed by atoms with Crippen molar-refractivity contribution in [2.45, 2.75) is 58.0 Å². The summed E-state index contributed by atoms with van der Waals surface area (Å²) < 4.78 is 8.08. The molecule has 3 rings (SSSR count). The van der Waals surface area contributed by atoms with E-state index in [4.69, 9.17) is 9.84 Å². The van der Waals surface area contributed by atoms with Crippen molar-refractivity contribution in [1.82, 2.24) is 14.6 Å². The van der Waals surface area contributed by atoms with Crippen LogP contribution < -0.4 is 4.74 Å². The lowest BCUT2D eigenvalue weighted by Gasteiger charge is -2.28. The summed E-state index contributed by atoms with van der Waals surface area (Å²) in [7, 11) is 0. The molecule has 0 aromatic carbocycles. The fourth-order valence-electron chi connectivity index (χ4n) is 3.25. The average Bonchev–Trinajstić information content (AvgIpc) is 2.92. The third kappa shape index (κ3) is 3.63. The topological polar surface area (TPSA) is 76.7 Å². The van der Waals surface area contributed by atoms with Crippen molar-refractivity contribution in [3.8, 4) is 5.75 Å². The predicted octanol–water partition coefficient (Wildman–Crippen LogP) is 3.27. The van der Waals surface area contributed by atoms with E-state index in [-0.39, 0.29) is 12.5 Å². The third-order valence-corrected chi connectivity index (χ3v) is 4.48. The minimum atomic E-state index is -0.700. The Morgan fingerprint density at radius 3 is 2.70 bits per heavy atom. The second kappa shape index (κ2) is 6.56. The summed E-state index contributed by atoms with van der Waals surface area (Å²) in [6.45, 7) is 4.18. The second-order valence-electron chi connectivity index (χ2n) is 6.66. The molecule has 1 aliphatic rings. The number of ether oxygens (including phenoxy) is 1. The fraction of sp³-hybridized carbons (Fsp3) is 0.588. The largest absolute Gasteiger partial charge is 0.489 e. The van der Waals surface area contributed by atoms with Gasteiger partial charge in [-0.1, -0.05) is 13.8 Å². The SMILES string of the molecule is CC(C)c1nnc2ccc(OC3CCC(CC(=O)O)CC3)cn12. The van der Waals surface area contributed by atoms with Crippen LogP contribution in [-0.2, 0) is 4.79 Å². The van der Waals surface area contributed by atoms with Crippen LogP contribution in [0, 0.1) is 5.92 Å². The molecule has 0 saturated heterocycles. The Morgan fingerprint density at radius 2 is 2.04 bits per heavy atom. The minimum absolute atomic E-state index is 0.163. The molecule has 2 heterocycles. The Hall–Kier alpha value is -2.11. The predicted molar refractivity (Wildman–Crippen MR) is 85.7 cm³/mol. The highest BCUT2D eigenvalue weighted by atomic mass is 16.5. The Kier molecular flexibility index (Phi) is 4.50. The van der Waals surface area contributed by atoms with Crippen LogP contribution >= 0.6 is 0 Å². The van der Waals surface area contributed by atoms with Gasteiger partial charge in [-0.15, -0.1) is 10.2 Å². The van der Waals surface area contributed by atoms with E-state index in [1.54, 1.807) is 0 Å². The molecule has 0 unspecified atom stereocenters. The standard InChI is InChI=1S/C17H23N3O3/c1-11(2)17-19-18-15-8-7-14(10-20(15)17)23-13-5-3-12(4-6-13)9-16(21)22/h7-8,10-13H,3-6,9H2,1-2H3,(H,21,22). The van der Waals surface area contributed by atoms with Gasteiger partial charge in [0, 0.05) is 12.3 Å². The number of rotatable bonds is 5. The van der Waals surface area contributed by atoms with Crippen LogP contribution in [0.2, 0.25) is 0 Å². The zero-order chi connectivity index (χ0) is 16.4. The average molecular weight is 317 g/mol. The third-order valence-electron chi connectivity index (χ3n) is 4.48. The van der Waals surface area contributed by atoms with Gasteiger partial charge in [-0.2, -0.15) is 0 Å².